The minimum absolute atomic E-state index is 0.134. The average Bonchev–Trinajstić information content (AvgIpc) is 2.70. The molecule has 0 spiro atoms. The van der Waals surface area contributed by atoms with Gasteiger partial charge in [-0.1, -0.05) is 64.5 Å². The quantitative estimate of drug-likeness (QED) is 0.430. The summed E-state index contributed by atoms with van der Waals surface area (Å²) in [6.45, 7) is 1.96. The summed E-state index contributed by atoms with van der Waals surface area (Å²) in [5, 5.41) is 3.86. The molecule has 0 bridgehead atoms. The zero-order valence-corrected chi connectivity index (χ0v) is 16.3. The summed E-state index contributed by atoms with van der Waals surface area (Å²) in [7, 11) is 0. The maximum atomic E-state index is 13.2. The molecule has 0 unspecified atom stereocenters. The van der Waals surface area contributed by atoms with E-state index in [1.54, 1.807) is 0 Å². The van der Waals surface area contributed by atoms with E-state index in [4.69, 9.17) is 4.98 Å². The van der Waals surface area contributed by atoms with Crippen molar-refractivity contribution in [1.29, 1.82) is 0 Å². The third kappa shape index (κ3) is 3.49. The SMILES string of the molecule is Cc1c(-c2ccccc2)nc2ccccc2c1C(=O)Nc1ccc(Br)cc1. The normalized spacial score (nSPS) is 10.7. The number of nitrogens with zero attached hydrogens (tertiary/aromatic N) is 1. The van der Waals surface area contributed by atoms with Crippen molar-refractivity contribution in [1.82, 2.24) is 4.98 Å². The Labute approximate surface area is 166 Å². The molecule has 0 aliphatic heterocycles. The average molecular weight is 417 g/mol. The lowest BCUT2D eigenvalue weighted by Crippen LogP contribution is -2.15. The van der Waals surface area contributed by atoms with E-state index >= 15 is 0 Å². The maximum absolute atomic E-state index is 13.2. The van der Waals surface area contributed by atoms with Crippen molar-refractivity contribution in [3.8, 4) is 11.3 Å². The Hall–Kier alpha value is -2.98. The first-order chi connectivity index (χ1) is 13.1. The summed E-state index contributed by atoms with van der Waals surface area (Å²) < 4.78 is 0.970. The van der Waals surface area contributed by atoms with Gasteiger partial charge in [-0.05, 0) is 42.8 Å². The predicted molar refractivity (Wildman–Crippen MR) is 114 cm³/mol. The molecule has 132 valence electrons. The summed E-state index contributed by atoms with van der Waals surface area (Å²) in [4.78, 5) is 18.0. The summed E-state index contributed by atoms with van der Waals surface area (Å²) in [5.41, 5.74) is 4.92. The molecule has 0 aliphatic rings. The Kier molecular flexibility index (Phi) is 4.73. The number of aromatic nitrogens is 1. The van der Waals surface area contributed by atoms with Gasteiger partial charge in [0.05, 0.1) is 16.8 Å². The number of nitrogens with one attached hydrogen (secondary N) is 1. The molecule has 1 N–H and O–H groups in total. The van der Waals surface area contributed by atoms with Crippen LogP contribution >= 0.6 is 15.9 Å². The number of para-hydroxylation sites is 1. The van der Waals surface area contributed by atoms with Crippen LogP contribution in [-0.4, -0.2) is 10.9 Å². The van der Waals surface area contributed by atoms with Gasteiger partial charge in [0.1, 0.15) is 0 Å². The van der Waals surface area contributed by atoms with Crippen molar-refractivity contribution in [2.24, 2.45) is 0 Å². The van der Waals surface area contributed by atoms with Crippen molar-refractivity contribution < 1.29 is 4.79 Å². The fraction of sp³-hybridized carbons (Fsp3) is 0.0435. The first-order valence-corrected chi connectivity index (χ1v) is 9.44. The standard InChI is InChI=1S/C23H17BrN2O/c1-15-21(23(27)25-18-13-11-17(24)12-14-18)19-9-5-6-10-20(19)26-22(15)16-7-3-2-4-8-16/h2-14H,1H3,(H,25,27). The maximum Gasteiger partial charge on any atom is 0.256 e. The van der Waals surface area contributed by atoms with Gasteiger partial charge in [-0.2, -0.15) is 0 Å². The van der Waals surface area contributed by atoms with Crippen LogP contribution in [0.2, 0.25) is 0 Å². The van der Waals surface area contributed by atoms with Gasteiger partial charge in [-0.25, -0.2) is 4.98 Å². The molecule has 3 aromatic carbocycles. The first-order valence-electron chi connectivity index (χ1n) is 8.65. The summed E-state index contributed by atoms with van der Waals surface area (Å²) in [5.74, 6) is -0.134. The fourth-order valence-corrected chi connectivity index (χ4v) is 3.47. The second-order valence-corrected chi connectivity index (χ2v) is 7.22. The van der Waals surface area contributed by atoms with Gasteiger partial charge in [0.25, 0.3) is 5.91 Å². The summed E-state index contributed by atoms with van der Waals surface area (Å²) >= 11 is 3.42. The minimum Gasteiger partial charge on any atom is -0.322 e. The molecule has 0 saturated heterocycles. The van der Waals surface area contributed by atoms with Crippen molar-refractivity contribution in [2.75, 3.05) is 5.32 Å². The van der Waals surface area contributed by atoms with Crippen LogP contribution in [0.1, 0.15) is 15.9 Å². The second kappa shape index (κ2) is 7.33. The minimum atomic E-state index is -0.134. The highest BCUT2D eigenvalue weighted by molar-refractivity contribution is 9.10. The van der Waals surface area contributed by atoms with Crippen molar-refractivity contribution >= 4 is 38.4 Å². The third-order valence-corrected chi connectivity index (χ3v) is 5.04. The number of hydrogen-bond acceptors (Lipinski definition) is 2. The zero-order chi connectivity index (χ0) is 18.8. The van der Waals surface area contributed by atoms with Crippen LogP contribution in [0.15, 0.2) is 83.3 Å². The van der Waals surface area contributed by atoms with E-state index in [-0.39, 0.29) is 5.91 Å². The number of fused-ring (bicyclic) bond motifs is 1. The van der Waals surface area contributed by atoms with Gasteiger partial charge in [0, 0.05) is 21.1 Å². The zero-order valence-electron chi connectivity index (χ0n) is 14.7. The van der Waals surface area contributed by atoms with Crippen LogP contribution in [0.4, 0.5) is 5.69 Å². The molecule has 1 amide bonds. The molecule has 0 radical (unpaired) electrons. The fourth-order valence-electron chi connectivity index (χ4n) is 3.20. The van der Waals surface area contributed by atoms with E-state index in [0.29, 0.717) is 5.56 Å². The number of pyridine rings is 1. The smallest absolute Gasteiger partial charge is 0.256 e. The Balaban J connectivity index is 1.86. The first kappa shape index (κ1) is 17.4. The number of carbonyl (C=O) groups excluding carboxylic acids is 1. The number of anilines is 1. The molecule has 0 saturated carbocycles. The Bertz CT molecular complexity index is 1120. The molecule has 0 atom stereocenters. The number of rotatable bonds is 3. The van der Waals surface area contributed by atoms with Gasteiger partial charge < -0.3 is 5.32 Å². The van der Waals surface area contributed by atoms with Crippen LogP contribution in [0.5, 0.6) is 0 Å². The highest BCUT2D eigenvalue weighted by Crippen LogP contribution is 2.30. The molecule has 4 heteroatoms. The molecular formula is C23H17BrN2O. The lowest BCUT2D eigenvalue weighted by atomic mass is 9.97. The topological polar surface area (TPSA) is 42.0 Å². The highest BCUT2D eigenvalue weighted by Gasteiger charge is 2.18. The van der Waals surface area contributed by atoms with Gasteiger partial charge >= 0.3 is 0 Å². The molecule has 3 nitrogen and oxygen atoms in total. The molecule has 1 aromatic heterocycles. The van der Waals surface area contributed by atoms with E-state index < -0.39 is 0 Å². The van der Waals surface area contributed by atoms with Crippen molar-refractivity contribution in [2.45, 2.75) is 6.92 Å². The Morgan fingerprint density at radius 1 is 0.889 bits per heavy atom. The number of carbonyl (C=O) groups is 1. The monoisotopic (exact) mass is 416 g/mol. The van der Waals surface area contributed by atoms with E-state index in [1.165, 1.54) is 0 Å². The Morgan fingerprint density at radius 3 is 2.30 bits per heavy atom. The molecule has 27 heavy (non-hydrogen) atoms. The number of amides is 1. The van der Waals surface area contributed by atoms with Crippen molar-refractivity contribution in [3.05, 3.63) is 94.5 Å². The number of halogens is 1. The van der Waals surface area contributed by atoms with Gasteiger partial charge in [0.2, 0.25) is 0 Å². The molecule has 4 aromatic rings. The third-order valence-electron chi connectivity index (χ3n) is 4.51. The van der Waals surface area contributed by atoms with E-state index in [0.717, 1.165) is 37.9 Å². The predicted octanol–water partition coefficient (Wildman–Crippen LogP) is 6.23. The van der Waals surface area contributed by atoms with Crippen LogP contribution in [-0.2, 0) is 0 Å². The lowest BCUT2D eigenvalue weighted by Gasteiger charge is -2.15. The van der Waals surface area contributed by atoms with E-state index in [2.05, 4.69) is 21.2 Å². The van der Waals surface area contributed by atoms with Gasteiger partial charge in [0.15, 0.2) is 0 Å². The van der Waals surface area contributed by atoms with Crippen LogP contribution in [0.3, 0.4) is 0 Å². The summed E-state index contributed by atoms with van der Waals surface area (Å²) in [6.07, 6.45) is 0. The van der Waals surface area contributed by atoms with Gasteiger partial charge in [-0.3, -0.25) is 4.79 Å². The van der Waals surface area contributed by atoms with E-state index in [9.17, 15) is 4.79 Å². The highest BCUT2D eigenvalue weighted by atomic mass is 79.9. The van der Waals surface area contributed by atoms with Crippen LogP contribution in [0.25, 0.3) is 22.2 Å². The molecule has 4 rings (SSSR count). The van der Waals surface area contributed by atoms with Crippen LogP contribution in [0, 0.1) is 6.92 Å². The van der Waals surface area contributed by atoms with Gasteiger partial charge in [-0.15, -0.1) is 0 Å². The number of hydrogen-bond donors (Lipinski definition) is 1. The van der Waals surface area contributed by atoms with Crippen molar-refractivity contribution in [3.63, 3.8) is 0 Å². The summed E-state index contributed by atoms with van der Waals surface area (Å²) in [6, 6.07) is 25.3. The molecular weight excluding hydrogens is 400 g/mol. The van der Waals surface area contributed by atoms with Crippen LogP contribution < -0.4 is 5.32 Å². The largest absolute Gasteiger partial charge is 0.322 e. The van der Waals surface area contributed by atoms with E-state index in [1.807, 2.05) is 85.8 Å². The molecule has 0 aliphatic carbocycles. The second-order valence-electron chi connectivity index (χ2n) is 6.30. The Morgan fingerprint density at radius 2 is 1.56 bits per heavy atom. The number of benzene rings is 3. The molecule has 0 fully saturated rings. The lowest BCUT2D eigenvalue weighted by molar-refractivity contribution is 0.102. The molecule has 1 heterocycles.